The van der Waals surface area contributed by atoms with E-state index in [1.165, 1.54) is 11.8 Å². The third-order valence-electron chi connectivity index (χ3n) is 2.83. The van der Waals surface area contributed by atoms with Crippen molar-refractivity contribution in [1.29, 1.82) is 0 Å². The average Bonchev–Trinajstić information content (AvgIpc) is 2.90. The Hall–Kier alpha value is -2.70. The smallest absolute Gasteiger partial charge is 0.358 e. The second-order valence-corrected chi connectivity index (χ2v) is 3.99. The van der Waals surface area contributed by atoms with E-state index in [0.29, 0.717) is 23.4 Å². The lowest BCUT2D eigenvalue weighted by molar-refractivity contribution is 0.0599. The number of carboxylic acids is 1. The predicted molar refractivity (Wildman–Crippen MR) is 69.0 cm³/mol. The molecule has 20 heavy (non-hydrogen) atoms. The van der Waals surface area contributed by atoms with Gasteiger partial charge >= 0.3 is 11.9 Å². The molecule has 0 saturated carbocycles. The van der Waals surface area contributed by atoms with Crippen molar-refractivity contribution in [1.82, 2.24) is 15.0 Å². The molecule has 0 radical (unpaired) electrons. The summed E-state index contributed by atoms with van der Waals surface area (Å²) in [5.74, 6) is -1.55. The lowest BCUT2D eigenvalue weighted by atomic mass is 10.2. The average molecular weight is 275 g/mol. The van der Waals surface area contributed by atoms with Crippen molar-refractivity contribution in [3.63, 3.8) is 0 Å². The molecule has 0 atom stereocenters. The molecular weight excluding hydrogens is 262 g/mol. The van der Waals surface area contributed by atoms with Gasteiger partial charge in [-0.15, -0.1) is 5.10 Å². The number of aromatic nitrogens is 3. The van der Waals surface area contributed by atoms with Crippen LogP contribution in [0.5, 0.6) is 0 Å². The van der Waals surface area contributed by atoms with Gasteiger partial charge in [0.05, 0.1) is 24.1 Å². The highest BCUT2D eigenvalue weighted by atomic mass is 16.5. The molecule has 0 amide bonds. The minimum atomic E-state index is -1.11. The number of carboxylic acid groups (broad SMARTS) is 1. The zero-order valence-electron chi connectivity index (χ0n) is 11.0. The Bertz CT molecular complexity index is 646. The molecule has 7 heteroatoms. The minimum Gasteiger partial charge on any atom is -0.476 e. The van der Waals surface area contributed by atoms with Crippen molar-refractivity contribution in [2.45, 2.75) is 13.3 Å². The van der Waals surface area contributed by atoms with Crippen LogP contribution >= 0.6 is 0 Å². The van der Waals surface area contributed by atoms with Gasteiger partial charge in [-0.3, -0.25) is 0 Å². The summed E-state index contributed by atoms with van der Waals surface area (Å²) in [6.07, 6.45) is 0.480. The van der Waals surface area contributed by atoms with Crippen molar-refractivity contribution < 1.29 is 19.4 Å². The first kappa shape index (κ1) is 13.7. The molecule has 7 nitrogen and oxygen atoms in total. The van der Waals surface area contributed by atoms with E-state index in [2.05, 4.69) is 15.0 Å². The Morgan fingerprint density at radius 2 is 1.95 bits per heavy atom. The topological polar surface area (TPSA) is 94.3 Å². The molecule has 0 aliphatic rings. The molecule has 104 valence electrons. The molecular formula is C13H13N3O4. The van der Waals surface area contributed by atoms with Crippen LogP contribution in [0.2, 0.25) is 0 Å². The predicted octanol–water partition coefficient (Wildman–Crippen LogP) is 1.31. The van der Waals surface area contributed by atoms with E-state index in [1.807, 2.05) is 6.92 Å². The number of aromatic carboxylic acids is 1. The summed E-state index contributed by atoms with van der Waals surface area (Å²) < 4.78 is 6.06. The summed E-state index contributed by atoms with van der Waals surface area (Å²) in [6.45, 7) is 1.82. The molecule has 0 bridgehead atoms. The molecule has 0 fully saturated rings. The van der Waals surface area contributed by atoms with Crippen LogP contribution < -0.4 is 0 Å². The molecule has 0 saturated heterocycles. The third-order valence-corrected chi connectivity index (χ3v) is 2.83. The fourth-order valence-electron chi connectivity index (χ4n) is 1.85. The van der Waals surface area contributed by atoms with Gasteiger partial charge in [-0.2, -0.15) is 0 Å². The van der Waals surface area contributed by atoms with Crippen molar-refractivity contribution in [3.05, 3.63) is 41.2 Å². The number of esters is 1. The molecule has 0 spiro atoms. The number of ether oxygens (including phenoxy) is 1. The highest BCUT2D eigenvalue weighted by molar-refractivity contribution is 5.89. The van der Waals surface area contributed by atoms with Crippen molar-refractivity contribution in [2.24, 2.45) is 0 Å². The molecule has 1 aromatic carbocycles. The van der Waals surface area contributed by atoms with E-state index < -0.39 is 11.9 Å². The Balaban J connectivity index is 2.42. The number of nitrogens with zero attached hydrogens (tertiary/aromatic N) is 3. The number of methoxy groups -OCH3 is 1. The van der Waals surface area contributed by atoms with E-state index in [0.717, 1.165) is 0 Å². The second kappa shape index (κ2) is 5.52. The van der Waals surface area contributed by atoms with Crippen LogP contribution in [-0.4, -0.2) is 39.1 Å². The Morgan fingerprint density at radius 1 is 1.30 bits per heavy atom. The molecule has 1 N–H and O–H groups in total. The lowest BCUT2D eigenvalue weighted by Gasteiger charge is -2.06. The Morgan fingerprint density at radius 3 is 2.45 bits per heavy atom. The summed E-state index contributed by atoms with van der Waals surface area (Å²) in [5.41, 5.74) is 1.48. The normalized spacial score (nSPS) is 10.3. The number of carbonyl (C=O) groups is 2. The first-order valence-electron chi connectivity index (χ1n) is 5.95. The van der Waals surface area contributed by atoms with Gasteiger partial charge in [-0.05, 0) is 30.7 Å². The van der Waals surface area contributed by atoms with Crippen LogP contribution in [0.4, 0.5) is 0 Å². The molecule has 0 aliphatic heterocycles. The van der Waals surface area contributed by atoms with Crippen LogP contribution in [0.3, 0.4) is 0 Å². The van der Waals surface area contributed by atoms with Crippen LogP contribution in [0.25, 0.3) is 5.69 Å². The van der Waals surface area contributed by atoms with E-state index >= 15 is 0 Å². The largest absolute Gasteiger partial charge is 0.476 e. The zero-order valence-corrected chi connectivity index (χ0v) is 11.0. The molecule has 1 aromatic heterocycles. The second-order valence-electron chi connectivity index (χ2n) is 3.99. The van der Waals surface area contributed by atoms with Gasteiger partial charge in [0.1, 0.15) is 0 Å². The van der Waals surface area contributed by atoms with Crippen molar-refractivity contribution >= 4 is 11.9 Å². The number of carbonyl (C=O) groups excluding carboxylic acids is 1. The Kier molecular flexibility index (Phi) is 3.79. The highest BCUT2D eigenvalue weighted by Gasteiger charge is 2.18. The third kappa shape index (κ3) is 2.37. The van der Waals surface area contributed by atoms with E-state index in [9.17, 15) is 9.59 Å². The maximum absolute atomic E-state index is 11.3. The molecule has 2 rings (SSSR count). The number of hydrogen-bond acceptors (Lipinski definition) is 5. The van der Waals surface area contributed by atoms with Gasteiger partial charge in [-0.25, -0.2) is 14.3 Å². The fourth-order valence-corrected chi connectivity index (χ4v) is 1.85. The lowest BCUT2D eigenvalue weighted by Crippen LogP contribution is -2.06. The molecule has 0 unspecified atom stereocenters. The monoisotopic (exact) mass is 275 g/mol. The van der Waals surface area contributed by atoms with Crippen molar-refractivity contribution in [2.75, 3.05) is 7.11 Å². The summed E-state index contributed by atoms with van der Waals surface area (Å²) in [7, 11) is 1.31. The fraction of sp³-hybridized carbons (Fsp3) is 0.231. The molecule has 0 aliphatic carbocycles. The summed E-state index contributed by atoms with van der Waals surface area (Å²) >= 11 is 0. The summed E-state index contributed by atoms with van der Waals surface area (Å²) in [4.78, 5) is 22.4. The van der Waals surface area contributed by atoms with Crippen LogP contribution in [-0.2, 0) is 11.2 Å². The first-order valence-corrected chi connectivity index (χ1v) is 5.95. The van der Waals surface area contributed by atoms with Crippen LogP contribution in [0.1, 0.15) is 33.5 Å². The zero-order chi connectivity index (χ0) is 14.7. The van der Waals surface area contributed by atoms with Crippen molar-refractivity contribution in [3.8, 4) is 5.69 Å². The minimum absolute atomic E-state index is 0.0652. The Labute approximate surface area is 114 Å². The number of benzene rings is 1. The first-order chi connectivity index (χ1) is 9.58. The molecule has 2 aromatic rings. The van der Waals surface area contributed by atoms with Crippen LogP contribution in [0.15, 0.2) is 24.3 Å². The van der Waals surface area contributed by atoms with E-state index in [4.69, 9.17) is 5.11 Å². The van der Waals surface area contributed by atoms with Gasteiger partial charge in [0.25, 0.3) is 0 Å². The highest BCUT2D eigenvalue weighted by Crippen LogP contribution is 2.15. The quantitative estimate of drug-likeness (QED) is 0.845. The maximum Gasteiger partial charge on any atom is 0.358 e. The number of rotatable bonds is 4. The summed E-state index contributed by atoms with van der Waals surface area (Å²) in [6, 6.07) is 6.49. The standard InChI is InChI=1S/C13H13N3O4/c1-3-10-11(12(17)18)14-15-16(10)9-6-4-8(5-7-9)13(19)20-2/h4-7H,3H2,1-2H3,(H,17,18). The van der Waals surface area contributed by atoms with Gasteiger partial charge < -0.3 is 9.84 Å². The van der Waals surface area contributed by atoms with E-state index in [-0.39, 0.29) is 5.69 Å². The SMILES string of the molecule is CCc1c(C(=O)O)nnn1-c1ccc(C(=O)OC)cc1. The summed E-state index contributed by atoms with van der Waals surface area (Å²) in [5, 5.41) is 16.5. The van der Waals surface area contributed by atoms with E-state index in [1.54, 1.807) is 24.3 Å². The van der Waals surface area contributed by atoms with Gasteiger partial charge in [0.15, 0.2) is 5.69 Å². The number of hydrogen-bond donors (Lipinski definition) is 1. The van der Waals surface area contributed by atoms with Gasteiger partial charge in [-0.1, -0.05) is 12.1 Å². The molecule has 1 heterocycles. The maximum atomic E-state index is 11.3. The van der Waals surface area contributed by atoms with Gasteiger partial charge in [0, 0.05) is 0 Å². The van der Waals surface area contributed by atoms with Gasteiger partial charge in [0.2, 0.25) is 0 Å². The van der Waals surface area contributed by atoms with Crippen LogP contribution in [0, 0.1) is 0 Å².